The SMILES string of the molecule is O=C(N/N=C/c1c(O)n(-c2ccc(S(=O)(=O)N3CCOCC3)cc2)c(=O)c2ccccc12)c1ccccn1. The molecule has 1 fully saturated rings. The number of morpholine rings is 1. The standard InChI is InChI=1S/C26H23N5O6S/c32-24(23-7-3-4-12-27-23)29-28-17-22-20-5-1-2-6-21(20)25(33)31(26(22)34)18-8-10-19(11-9-18)38(35,36)30-13-15-37-16-14-30/h1-12,17,34H,13-16H2,(H,29,32)/b28-17+. The summed E-state index contributed by atoms with van der Waals surface area (Å²) in [5.41, 5.74) is 2.46. The van der Waals surface area contributed by atoms with Crippen molar-refractivity contribution in [2.45, 2.75) is 4.90 Å². The normalized spacial score (nSPS) is 14.6. The summed E-state index contributed by atoms with van der Waals surface area (Å²) in [5.74, 6) is -0.968. The number of sulfonamides is 1. The first kappa shape index (κ1) is 25.3. The lowest BCUT2D eigenvalue weighted by molar-refractivity contribution is 0.0730. The van der Waals surface area contributed by atoms with Crippen LogP contribution in [0.25, 0.3) is 16.5 Å². The molecule has 5 rings (SSSR count). The number of fused-ring (bicyclic) bond motifs is 1. The monoisotopic (exact) mass is 533 g/mol. The number of hydrazone groups is 1. The van der Waals surface area contributed by atoms with E-state index in [1.54, 1.807) is 36.4 Å². The Morgan fingerprint density at radius 3 is 2.37 bits per heavy atom. The maximum absolute atomic E-state index is 13.3. The van der Waals surface area contributed by atoms with Gasteiger partial charge in [0.1, 0.15) is 5.69 Å². The van der Waals surface area contributed by atoms with Crippen molar-refractivity contribution in [1.82, 2.24) is 19.3 Å². The quantitative estimate of drug-likeness (QED) is 0.285. The summed E-state index contributed by atoms with van der Waals surface area (Å²) in [7, 11) is -3.73. The third-order valence-corrected chi connectivity index (χ3v) is 7.98. The van der Waals surface area contributed by atoms with Gasteiger partial charge in [-0.3, -0.25) is 14.6 Å². The summed E-state index contributed by atoms with van der Waals surface area (Å²) in [5, 5.41) is 15.8. The molecule has 3 heterocycles. The molecular formula is C26H23N5O6S. The number of nitrogens with zero attached hydrogens (tertiary/aromatic N) is 4. The van der Waals surface area contributed by atoms with Gasteiger partial charge in [0.05, 0.1) is 35.6 Å². The molecule has 2 aromatic heterocycles. The molecule has 0 saturated carbocycles. The molecule has 1 amide bonds. The number of carbonyl (C=O) groups excluding carboxylic acids is 1. The van der Waals surface area contributed by atoms with Crippen LogP contribution in [-0.4, -0.2) is 65.8 Å². The highest BCUT2D eigenvalue weighted by molar-refractivity contribution is 7.89. The highest BCUT2D eigenvalue weighted by atomic mass is 32.2. The molecule has 38 heavy (non-hydrogen) atoms. The molecule has 0 unspecified atom stereocenters. The smallest absolute Gasteiger partial charge is 0.289 e. The number of hydrogen-bond donors (Lipinski definition) is 2. The van der Waals surface area contributed by atoms with Gasteiger partial charge in [-0.2, -0.15) is 9.41 Å². The van der Waals surface area contributed by atoms with Crippen molar-refractivity contribution in [3.8, 4) is 11.6 Å². The zero-order chi connectivity index (χ0) is 26.7. The molecule has 1 aliphatic rings. The fourth-order valence-electron chi connectivity index (χ4n) is 4.14. The Balaban J connectivity index is 1.52. The van der Waals surface area contributed by atoms with Crippen molar-refractivity contribution >= 4 is 32.9 Å². The number of rotatable bonds is 6. The molecule has 194 valence electrons. The number of ether oxygens (including phenoxy) is 1. The molecule has 12 heteroatoms. The van der Waals surface area contributed by atoms with E-state index in [0.717, 1.165) is 4.57 Å². The Labute approximate surface area is 217 Å². The van der Waals surface area contributed by atoms with Crippen LogP contribution < -0.4 is 11.0 Å². The van der Waals surface area contributed by atoms with E-state index in [1.807, 2.05) is 0 Å². The fourth-order valence-corrected chi connectivity index (χ4v) is 5.55. The van der Waals surface area contributed by atoms with Crippen LogP contribution >= 0.6 is 0 Å². The molecule has 2 aromatic carbocycles. The van der Waals surface area contributed by atoms with Gasteiger partial charge in [0.25, 0.3) is 11.5 Å². The summed E-state index contributed by atoms with van der Waals surface area (Å²) in [6, 6.07) is 17.2. The number of aromatic nitrogens is 2. The van der Waals surface area contributed by atoms with Crippen LogP contribution in [0.2, 0.25) is 0 Å². The van der Waals surface area contributed by atoms with E-state index < -0.39 is 27.4 Å². The lowest BCUT2D eigenvalue weighted by Gasteiger charge is -2.26. The topological polar surface area (TPSA) is 143 Å². The van der Waals surface area contributed by atoms with Gasteiger partial charge in [-0.1, -0.05) is 24.3 Å². The maximum Gasteiger partial charge on any atom is 0.289 e. The second-order valence-electron chi connectivity index (χ2n) is 8.35. The molecule has 0 atom stereocenters. The van der Waals surface area contributed by atoms with E-state index in [1.165, 1.54) is 47.0 Å². The van der Waals surface area contributed by atoms with E-state index in [0.29, 0.717) is 24.0 Å². The predicted octanol–water partition coefficient (Wildman–Crippen LogP) is 1.88. The van der Waals surface area contributed by atoms with Crippen molar-refractivity contribution in [3.05, 3.63) is 94.5 Å². The van der Waals surface area contributed by atoms with Crippen LogP contribution in [0, 0.1) is 0 Å². The predicted molar refractivity (Wildman–Crippen MR) is 140 cm³/mol. The zero-order valence-electron chi connectivity index (χ0n) is 20.0. The van der Waals surface area contributed by atoms with Crippen LogP contribution in [0.15, 0.2) is 87.7 Å². The van der Waals surface area contributed by atoms with E-state index in [2.05, 4.69) is 15.5 Å². The Bertz CT molecular complexity index is 1680. The molecule has 1 saturated heterocycles. The maximum atomic E-state index is 13.3. The lowest BCUT2D eigenvalue weighted by Crippen LogP contribution is -2.40. The average Bonchev–Trinajstić information content (AvgIpc) is 2.96. The average molecular weight is 534 g/mol. The van der Waals surface area contributed by atoms with Crippen molar-refractivity contribution in [1.29, 1.82) is 0 Å². The van der Waals surface area contributed by atoms with Crippen molar-refractivity contribution in [3.63, 3.8) is 0 Å². The minimum atomic E-state index is -3.73. The van der Waals surface area contributed by atoms with Crippen LogP contribution in [0.1, 0.15) is 16.1 Å². The van der Waals surface area contributed by atoms with Crippen LogP contribution in [0.5, 0.6) is 5.88 Å². The van der Waals surface area contributed by atoms with Gasteiger partial charge in [0.2, 0.25) is 15.9 Å². The van der Waals surface area contributed by atoms with Gasteiger partial charge < -0.3 is 9.84 Å². The molecular weight excluding hydrogens is 510 g/mol. The molecule has 11 nitrogen and oxygen atoms in total. The first-order valence-corrected chi connectivity index (χ1v) is 13.1. The molecule has 2 N–H and O–H groups in total. The van der Waals surface area contributed by atoms with Gasteiger partial charge in [-0.15, -0.1) is 0 Å². The van der Waals surface area contributed by atoms with Gasteiger partial charge in [0.15, 0.2) is 0 Å². The number of pyridine rings is 2. The minimum Gasteiger partial charge on any atom is -0.494 e. The van der Waals surface area contributed by atoms with Gasteiger partial charge in [-0.25, -0.2) is 18.4 Å². The van der Waals surface area contributed by atoms with Gasteiger partial charge in [-0.05, 0) is 42.5 Å². The summed E-state index contributed by atoms with van der Waals surface area (Å²) in [6.45, 7) is 1.16. The highest BCUT2D eigenvalue weighted by Crippen LogP contribution is 2.27. The largest absolute Gasteiger partial charge is 0.494 e. The molecule has 0 aliphatic carbocycles. The Morgan fingerprint density at radius 1 is 1.00 bits per heavy atom. The second-order valence-corrected chi connectivity index (χ2v) is 10.3. The van der Waals surface area contributed by atoms with Crippen LogP contribution in [0.4, 0.5) is 0 Å². The van der Waals surface area contributed by atoms with E-state index in [9.17, 15) is 23.1 Å². The van der Waals surface area contributed by atoms with Crippen molar-refractivity contribution < 1.29 is 23.1 Å². The molecule has 4 aromatic rings. The van der Waals surface area contributed by atoms with Crippen molar-refractivity contribution in [2.24, 2.45) is 5.10 Å². The zero-order valence-corrected chi connectivity index (χ0v) is 20.8. The molecule has 0 bridgehead atoms. The van der Waals surface area contributed by atoms with E-state index >= 15 is 0 Å². The molecule has 1 aliphatic heterocycles. The number of nitrogens with one attached hydrogen (secondary N) is 1. The third-order valence-electron chi connectivity index (χ3n) is 6.06. The summed E-state index contributed by atoms with van der Waals surface area (Å²) in [6.07, 6.45) is 2.72. The Morgan fingerprint density at radius 2 is 1.68 bits per heavy atom. The number of hydrogen-bond acceptors (Lipinski definition) is 8. The number of amides is 1. The Hall–Kier alpha value is -4.39. The number of carbonyl (C=O) groups is 1. The van der Waals surface area contributed by atoms with Gasteiger partial charge >= 0.3 is 0 Å². The summed E-state index contributed by atoms with van der Waals surface area (Å²) in [4.78, 5) is 29.7. The lowest BCUT2D eigenvalue weighted by atomic mass is 10.1. The van der Waals surface area contributed by atoms with Gasteiger partial charge in [0, 0.05) is 30.1 Å². The molecule has 0 radical (unpaired) electrons. The highest BCUT2D eigenvalue weighted by Gasteiger charge is 2.26. The Kier molecular flexibility index (Phi) is 7.01. The fraction of sp³-hybridized carbons (Fsp3) is 0.154. The van der Waals surface area contributed by atoms with Crippen LogP contribution in [0.3, 0.4) is 0 Å². The first-order chi connectivity index (χ1) is 18.4. The summed E-state index contributed by atoms with van der Waals surface area (Å²) < 4.78 is 33.6. The minimum absolute atomic E-state index is 0.0653. The first-order valence-electron chi connectivity index (χ1n) is 11.7. The molecule has 0 spiro atoms. The number of benzene rings is 2. The van der Waals surface area contributed by atoms with E-state index in [4.69, 9.17) is 4.74 Å². The second kappa shape index (κ2) is 10.5. The number of aromatic hydroxyl groups is 1. The summed E-state index contributed by atoms with van der Waals surface area (Å²) >= 11 is 0. The van der Waals surface area contributed by atoms with Crippen molar-refractivity contribution in [2.75, 3.05) is 26.3 Å². The third kappa shape index (κ3) is 4.79. The van der Waals surface area contributed by atoms with E-state index in [-0.39, 0.29) is 34.9 Å². The van der Waals surface area contributed by atoms with Crippen LogP contribution in [-0.2, 0) is 14.8 Å².